The van der Waals surface area contributed by atoms with Gasteiger partial charge in [0, 0.05) is 36.9 Å². The molecule has 39 heavy (non-hydrogen) atoms. The van der Waals surface area contributed by atoms with Crippen LogP contribution in [0.1, 0.15) is 25.0 Å². The van der Waals surface area contributed by atoms with Gasteiger partial charge in [-0.3, -0.25) is 28.6 Å². The molecule has 4 heterocycles. The normalized spacial score (nSPS) is 11.6. The molecular weight excluding hydrogens is 488 g/mol. The van der Waals surface area contributed by atoms with E-state index in [1.54, 1.807) is 29.4 Å². The number of pyridine rings is 2. The van der Waals surface area contributed by atoms with Crippen LogP contribution in [-0.4, -0.2) is 28.9 Å². The van der Waals surface area contributed by atoms with Crippen molar-refractivity contribution in [2.75, 3.05) is 0 Å². The van der Waals surface area contributed by atoms with Crippen LogP contribution >= 0.6 is 0 Å². The summed E-state index contributed by atoms with van der Waals surface area (Å²) in [5.74, 6) is 0.172. The van der Waals surface area contributed by atoms with Crippen LogP contribution in [0.25, 0.3) is 33.1 Å². The highest BCUT2D eigenvalue weighted by Crippen LogP contribution is 2.28. The highest BCUT2D eigenvalue weighted by atomic mass is 16.2. The molecule has 8 nitrogen and oxygen atoms in total. The molecule has 0 atom stereocenters. The molecule has 0 N–H and O–H groups in total. The first-order valence-corrected chi connectivity index (χ1v) is 13.0. The second kappa shape index (κ2) is 10.1. The van der Waals surface area contributed by atoms with Crippen LogP contribution in [0.15, 0.2) is 101 Å². The molecular formula is C31H28N6O2. The summed E-state index contributed by atoms with van der Waals surface area (Å²) in [7, 11) is 0. The average Bonchev–Trinajstić information content (AvgIpc) is 3.33. The third kappa shape index (κ3) is 4.54. The van der Waals surface area contributed by atoms with E-state index in [1.165, 1.54) is 4.57 Å². The van der Waals surface area contributed by atoms with Crippen LogP contribution in [0.2, 0.25) is 0 Å². The molecule has 0 aliphatic heterocycles. The van der Waals surface area contributed by atoms with E-state index in [0.717, 1.165) is 27.5 Å². The van der Waals surface area contributed by atoms with E-state index in [1.807, 2.05) is 61.0 Å². The van der Waals surface area contributed by atoms with Crippen LogP contribution in [0, 0.1) is 5.92 Å². The Hall–Kier alpha value is -4.85. The van der Waals surface area contributed by atoms with Crippen molar-refractivity contribution in [1.82, 2.24) is 28.9 Å². The quantitative estimate of drug-likeness (QED) is 0.306. The Balaban J connectivity index is 1.65. The molecule has 0 radical (unpaired) electrons. The van der Waals surface area contributed by atoms with Gasteiger partial charge in [0.05, 0.1) is 18.8 Å². The molecule has 0 amide bonds. The molecule has 194 valence electrons. The van der Waals surface area contributed by atoms with E-state index in [9.17, 15) is 9.59 Å². The lowest BCUT2D eigenvalue weighted by Crippen LogP contribution is -2.41. The van der Waals surface area contributed by atoms with Crippen LogP contribution < -0.4 is 11.2 Å². The Morgan fingerprint density at radius 3 is 2.21 bits per heavy atom. The molecule has 2 aromatic carbocycles. The van der Waals surface area contributed by atoms with Crippen molar-refractivity contribution in [2.24, 2.45) is 5.92 Å². The molecule has 0 aliphatic rings. The topological polar surface area (TPSA) is 87.6 Å². The molecule has 6 rings (SSSR count). The summed E-state index contributed by atoms with van der Waals surface area (Å²) in [5, 5.41) is 7.63. The predicted octanol–water partition coefficient (Wildman–Crippen LogP) is 4.72. The van der Waals surface area contributed by atoms with Gasteiger partial charge in [0.25, 0.3) is 5.56 Å². The summed E-state index contributed by atoms with van der Waals surface area (Å²) in [6.07, 6.45) is 6.73. The summed E-state index contributed by atoms with van der Waals surface area (Å²) in [4.78, 5) is 36.2. The average molecular weight is 517 g/mol. The number of hydrogen-bond acceptors (Lipinski definition) is 5. The van der Waals surface area contributed by atoms with E-state index in [2.05, 4.69) is 34.2 Å². The van der Waals surface area contributed by atoms with Gasteiger partial charge >= 0.3 is 5.69 Å². The van der Waals surface area contributed by atoms with Gasteiger partial charge in [0.1, 0.15) is 5.39 Å². The Bertz CT molecular complexity index is 1900. The number of hydrogen-bond donors (Lipinski definition) is 0. The van der Waals surface area contributed by atoms with Crippen molar-refractivity contribution < 1.29 is 0 Å². The van der Waals surface area contributed by atoms with Gasteiger partial charge in [-0.05, 0) is 52.1 Å². The Kier molecular flexibility index (Phi) is 6.36. The highest BCUT2D eigenvalue weighted by molar-refractivity contribution is 5.91. The highest BCUT2D eigenvalue weighted by Gasteiger charge is 2.24. The van der Waals surface area contributed by atoms with E-state index >= 15 is 0 Å². The zero-order valence-electron chi connectivity index (χ0n) is 21.9. The van der Waals surface area contributed by atoms with Crippen LogP contribution in [0.5, 0.6) is 0 Å². The lowest BCUT2D eigenvalue weighted by atomic mass is 10.0. The minimum absolute atomic E-state index is 0.151. The molecule has 0 spiro atoms. The second-order valence-electron chi connectivity index (χ2n) is 10.1. The molecule has 0 unspecified atom stereocenters. The summed E-state index contributed by atoms with van der Waals surface area (Å²) < 4.78 is 4.82. The zero-order chi connectivity index (χ0) is 26.9. The van der Waals surface area contributed by atoms with Gasteiger partial charge in [0.2, 0.25) is 0 Å². The van der Waals surface area contributed by atoms with E-state index in [4.69, 9.17) is 5.10 Å². The van der Waals surface area contributed by atoms with Crippen LogP contribution in [-0.2, 0) is 19.6 Å². The molecule has 8 heteroatoms. The van der Waals surface area contributed by atoms with Crippen molar-refractivity contribution >= 4 is 21.8 Å². The molecule has 0 fully saturated rings. The first-order valence-electron chi connectivity index (χ1n) is 13.0. The second-order valence-corrected chi connectivity index (χ2v) is 10.1. The Morgan fingerprint density at radius 1 is 0.769 bits per heavy atom. The number of rotatable bonds is 7. The first-order chi connectivity index (χ1) is 19.0. The third-order valence-corrected chi connectivity index (χ3v) is 6.90. The number of aromatic nitrogens is 6. The fourth-order valence-corrected chi connectivity index (χ4v) is 5.14. The fraction of sp³-hybridized carbons (Fsp3) is 0.194. The monoisotopic (exact) mass is 516 g/mol. The maximum absolute atomic E-state index is 14.1. The van der Waals surface area contributed by atoms with Gasteiger partial charge in [-0.25, -0.2) is 4.79 Å². The largest absolute Gasteiger partial charge is 0.333 e. The lowest BCUT2D eigenvalue weighted by molar-refractivity contribution is 0.492. The number of benzene rings is 2. The molecule has 6 aromatic rings. The van der Waals surface area contributed by atoms with Crippen molar-refractivity contribution in [3.05, 3.63) is 123 Å². The summed E-state index contributed by atoms with van der Waals surface area (Å²) in [6, 6.07) is 21.8. The summed E-state index contributed by atoms with van der Waals surface area (Å²) >= 11 is 0. The molecule has 0 bridgehead atoms. The van der Waals surface area contributed by atoms with Crippen molar-refractivity contribution in [1.29, 1.82) is 0 Å². The molecule has 4 aromatic heterocycles. The smallest absolute Gasteiger partial charge is 0.276 e. The number of nitrogens with zero attached hydrogens (tertiary/aromatic N) is 6. The van der Waals surface area contributed by atoms with Crippen LogP contribution in [0.3, 0.4) is 0 Å². The van der Waals surface area contributed by atoms with Crippen molar-refractivity contribution in [3.63, 3.8) is 0 Å². The zero-order valence-corrected chi connectivity index (χ0v) is 21.9. The van der Waals surface area contributed by atoms with Crippen molar-refractivity contribution in [2.45, 2.75) is 33.5 Å². The molecule has 0 saturated carbocycles. The summed E-state index contributed by atoms with van der Waals surface area (Å²) in [6.45, 7) is 5.12. The van der Waals surface area contributed by atoms with Crippen molar-refractivity contribution in [3.8, 4) is 11.3 Å². The predicted molar refractivity (Wildman–Crippen MR) is 153 cm³/mol. The lowest BCUT2D eigenvalue weighted by Gasteiger charge is -2.13. The minimum Gasteiger partial charge on any atom is -0.276 e. The van der Waals surface area contributed by atoms with E-state index < -0.39 is 0 Å². The summed E-state index contributed by atoms with van der Waals surface area (Å²) in [5.41, 5.74) is 3.06. The minimum atomic E-state index is -0.367. The SMILES string of the molecule is CC(C)Cn1c(=O)n(Cc2ccncc2)c(=O)c2c(-c3ccncc3)n(Cc3cccc4ccccc34)nc21. The van der Waals surface area contributed by atoms with Gasteiger partial charge in [-0.1, -0.05) is 56.3 Å². The molecule has 0 aliphatic carbocycles. The van der Waals surface area contributed by atoms with E-state index in [-0.39, 0.29) is 23.7 Å². The van der Waals surface area contributed by atoms with Crippen LogP contribution in [0.4, 0.5) is 0 Å². The Morgan fingerprint density at radius 2 is 1.46 bits per heavy atom. The third-order valence-electron chi connectivity index (χ3n) is 6.90. The maximum atomic E-state index is 14.1. The Labute approximate surface area is 224 Å². The fourth-order valence-electron chi connectivity index (χ4n) is 5.14. The first kappa shape index (κ1) is 24.5. The van der Waals surface area contributed by atoms with E-state index in [0.29, 0.717) is 29.8 Å². The van der Waals surface area contributed by atoms with Gasteiger partial charge in [-0.2, -0.15) is 5.10 Å². The van der Waals surface area contributed by atoms with Gasteiger partial charge in [0.15, 0.2) is 5.65 Å². The molecule has 0 saturated heterocycles. The number of fused-ring (bicyclic) bond motifs is 2. The van der Waals surface area contributed by atoms with Gasteiger partial charge in [-0.15, -0.1) is 0 Å². The van der Waals surface area contributed by atoms with Gasteiger partial charge < -0.3 is 0 Å². The maximum Gasteiger partial charge on any atom is 0.333 e. The standard InChI is InChI=1S/C31H28N6O2/c1-21(2)18-35-29-27(30(38)36(31(35)39)19-22-10-14-32-15-11-22)28(24-12-16-33-17-13-24)37(34-29)20-25-8-5-7-23-6-3-4-9-26(23)25/h3-17,21H,18-20H2,1-2H3.